The van der Waals surface area contributed by atoms with Crippen molar-refractivity contribution >= 4 is 23.7 Å². The number of carbonyl (C=O) groups is 1. The summed E-state index contributed by atoms with van der Waals surface area (Å²) in [5.41, 5.74) is 3.00. The van der Waals surface area contributed by atoms with Crippen molar-refractivity contribution in [2.75, 3.05) is 13.3 Å². The Morgan fingerprint density at radius 1 is 1.15 bits per heavy atom. The highest BCUT2D eigenvalue weighted by molar-refractivity contribution is 7.98. The van der Waals surface area contributed by atoms with Crippen LogP contribution in [0, 0.1) is 0 Å². The number of benzene rings is 2. The van der Waals surface area contributed by atoms with Crippen LogP contribution in [-0.4, -0.2) is 33.9 Å². The Morgan fingerprint density at radius 2 is 1.88 bits per heavy atom. The lowest BCUT2D eigenvalue weighted by Gasteiger charge is -2.13. The Bertz CT molecular complexity index is 885. The molecule has 3 aromatic rings. The Kier molecular flexibility index (Phi) is 5.92. The molecule has 3 rings (SSSR count). The summed E-state index contributed by atoms with van der Waals surface area (Å²) in [4.78, 5) is 15.2. The van der Waals surface area contributed by atoms with Crippen molar-refractivity contribution in [3.63, 3.8) is 0 Å². The zero-order valence-corrected chi connectivity index (χ0v) is 15.7. The van der Waals surface area contributed by atoms with Crippen LogP contribution in [0.25, 0.3) is 11.8 Å². The van der Waals surface area contributed by atoms with Crippen molar-refractivity contribution < 1.29 is 4.79 Å². The van der Waals surface area contributed by atoms with Crippen LogP contribution in [0.4, 0.5) is 0 Å². The van der Waals surface area contributed by atoms with E-state index in [1.165, 1.54) is 4.90 Å². The second-order valence-corrected chi connectivity index (χ2v) is 6.81. The third-order valence-corrected chi connectivity index (χ3v) is 4.73. The van der Waals surface area contributed by atoms with E-state index in [0.717, 1.165) is 16.8 Å². The molecule has 0 aliphatic heterocycles. The molecule has 0 fully saturated rings. The summed E-state index contributed by atoms with van der Waals surface area (Å²) in [7, 11) is 1.79. The van der Waals surface area contributed by atoms with Gasteiger partial charge in [0.05, 0.1) is 11.9 Å². The molecule has 0 unspecified atom stereocenters. The molecular weight excluding hydrogens is 342 g/mol. The highest BCUT2D eigenvalue weighted by Crippen LogP contribution is 2.15. The topological polar surface area (TPSA) is 38.1 Å². The second-order valence-electron chi connectivity index (χ2n) is 5.93. The lowest BCUT2D eigenvalue weighted by atomic mass is 10.2. The van der Waals surface area contributed by atoms with E-state index in [4.69, 9.17) is 0 Å². The van der Waals surface area contributed by atoms with Crippen molar-refractivity contribution in [2.45, 2.75) is 11.4 Å². The predicted molar refractivity (Wildman–Crippen MR) is 107 cm³/mol. The maximum absolute atomic E-state index is 12.3. The maximum atomic E-state index is 12.3. The summed E-state index contributed by atoms with van der Waals surface area (Å²) in [6.45, 7) is 0.515. The van der Waals surface area contributed by atoms with Crippen LogP contribution in [0.3, 0.4) is 0 Å². The number of aromatic nitrogens is 2. The smallest absolute Gasteiger partial charge is 0.246 e. The van der Waals surface area contributed by atoms with Gasteiger partial charge in [-0.3, -0.25) is 4.79 Å². The second kappa shape index (κ2) is 8.54. The summed E-state index contributed by atoms with van der Waals surface area (Å²) < 4.78 is 1.82. The summed E-state index contributed by atoms with van der Waals surface area (Å²) in [5.74, 6) is -0.0357. The van der Waals surface area contributed by atoms with E-state index >= 15 is 0 Å². The molecule has 0 saturated heterocycles. The van der Waals surface area contributed by atoms with Gasteiger partial charge in [0.15, 0.2) is 0 Å². The minimum atomic E-state index is -0.0357. The Labute approximate surface area is 158 Å². The monoisotopic (exact) mass is 363 g/mol. The summed E-state index contributed by atoms with van der Waals surface area (Å²) in [6.07, 6.45) is 9.24. The summed E-state index contributed by atoms with van der Waals surface area (Å²) >= 11 is 1.70. The van der Waals surface area contributed by atoms with Gasteiger partial charge < -0.3 is 4.90 Å². The van der Waals surface area contributed by atoms with E-state index in [-0.39, 0.29) is 5.91 Å². The van der Waals surface area contributed by atoms with Crippen LogP contribution < -0.4 is 0 Å². The van der Waals surface area contributed by atoms with Gasteiger partial charge in [0.1, 0.15) is 0 Å². The van der Waals surface area contributed by atoms with Crippen molar-refractivity contribution in [3.8, 4) is 5.69 Å². The molecule has 4 nitrogen and oxygen atoms in total. The predicted octanol–water partition coefficient (Wildman–Crippen LogP) is 4.27. The Morgan fingerprint density at radius 3 is 2.58 bits per heavy atom. The number of nitrogens with zero attached hydrogens (tertiary/aromatic N) is 3. The number of likely N-dealkylation sites (N-methyl/N-ethyl adjacent to an activating group) is 1. The Hall–Kier alpha value is -2.79. The van der Waals surface area contributed by atoms with Gasteiger partial charge in [-0.1, -0.05) is 30.3 Å². The SMILES string of the molecule is CSc1ccc(/C=C/C(=O)N(C)Cc2cnn(-c3ccccc3)c2)cc1. The third kappa shape index (κ3) is 4.64. The largest absolute Gasteiger partial charge is 0.338 e. The fourth-order valence-corrected chi connectivity index (χ4v) is 2.93. The molecule has 0 atom stereocenters. The number of amides is 1. The van der Waals surface area contributed by atoms with E-state index < -0.39 is 0 Å². The van der Waals surface area contributed by atoms with Crippen LogP contribution >= 0.6 is 11.8 Å². The molecular formula is C21H21N3OS. The van der Waals surface area contributed by atoms with Crippen LogP contribution in [0.5, 0.6) is 0 Å². The van der Waals surface area contributed by atoms with Crippen molar-refractivity contribution in [3.05, 3.63) is 84.2 Å². The van der Waals surface area contributed by atoms with Crippen LogP contribution in [-0.2, 0) is 11.3 Å². The number of thioether (sulfide) groups is 1. The van der Waals surface area contributed by atoms with E-state index in [0.29, 0.717) is 6.54 Å². The molecule has 5 heteroatoms. The average molecular weight is 363 g/mol. The summed E-state index contributed by atoms with van der Waals surface area (Å²) in [6, 6.07) is 18.0. The third-order valence-electron chi connectivity index (χ3n) is 3.99. The normalized spacial score (nSPS) is 11.0. The molecule has 26 heavy (non-hydrogen) atoms. The van der Waals surface area contributed by atoms with Crippen LogP contribution in [0.1, 0.15) is 11.1 Å². The average Bonchev–Trinajstić information content (AvgIpc) is 3.15. The first kappa shape index (κ1) is 18.0. The fourth-order valence-electron chi connectivity index (χ4n) is 2.53. The van der Waals surface area contributed by atoms with Gasteiger partial charge >= 0.3 is 0 Å². The van der Waals surface area contributed by atoms with E-state index in [2.05, 4.69) is 17.2 Å². The van der Waals surface area contributed by atoms with Crippen molar-refractivity contribution in [1.82, 2.24) is 14.7 Å². The highest BCUT2D eigenvalue weighted by Gasteiger charge is 2.08. The lowest BCUT2D eigenvalue weighted by Crippen LogP contribution is -2.23. The van der Waals surface area contributed by atoms with Gasteiger partial charge in [0.2, 0.25) is 5.91 Å². The molecule has 0 spiro atoms. The number of hydrogen-bond donors (Lipinski definition) is 0. The van der Waals surface area contributed by atoms with Gasteiger partial charge in [-0.15, -0.1) is 11.8 Å². The van der Waals surface area contributed by atoms with Gasteiger partial charge in [0.25, 0.3) is 0 Å². The molecule has 0 aliphatic carbocycles. The molecule has 1 heterocycles. The van der Waals surface area contributed by atoms with Gasteiger partial charge in [-0.25, -0.2) is 4.68 Å². The van der Waals surface area contributed by atoms with E-state index in [1.807, 2.05) is 65.7 Å². The first-order chi connectivity index (χ1) is 12.7. The van der Waals surface area contributed by atoms with Gasteiger partial charge in [0, 0.05) is 36.3 Å². The van der Waals surface area contributed by atoms with E-state index in [9.17, 15) is 4.79 Å². The van der Waals surface area contributed by atoms with Gasteiger partial charge in [-0.05, 0) is 42.2 Å². The zero-order chi connectivity index (χ0) is 18.4. The van der Waals surface area contributed by atoms with Crippen molar-refractivity contribution in [2.24, 2.45) is 0 Å². The van der Waals surface area contributed by atoms with Crippen LogP contribution in [0.2, 0.25) is 0 Å². The first-order valence-corrected chi connectivity index (χ1v) is 9.54. The summed E-state index contributed by atoms with van der Waals surface area (Å²) in [5, 5.41) is 4.37. The van der Waals surface area contributed by atoms with Gasteiger partial charge in [-0.2, -0.15) is 5.10 Å². The molecule has 1 aromatic heterocycles. The lowest BCUT2D eigenvalue weighted by molar-refractivity contribution is -0.125. The molecule has 0 radical (unpaired) electrons. The molecule has 132 valence electrons. The maximum Gasteiger partial charge on any atom is 0.246 e. The first-order valence-electron chi connectivity index (χ1n) is 8.32. The molecule has 0 saturated carbocycles. The fraction of sp³-hybridized carbons (Fsp3) is 0.143. The number of hydrogen-bond acceptors (Lipinski definition) is 3. The Balaban J connectivity index is 1.60. The number of carbonyl (C=O) groups excluding carboxylic acids is 1. The highest BCUT2D eigenvalue weighted by atomic mass is 32.2. The minimum absolute atomic E-state index is 0.0357. The zero-order valence-electron chi connectivity index (χ0n) is 14.9. The van der Waals surface area contributed by atoms with Crippen LogP contribution in [0.15, 0.2) is 78.0 Å². The molecule has 0 bridgehead atoms. The van der Waals surface area contributed by atoms with Crippen molar-refractivity contribution in [1.29, 1.82) is 0 Å². The molecule has 0 N–H and O–H groups in total. The standard InChI is InChI=1S/C21H21N3OS/c1-23(21(25)13-10-17-8-11-20(26-2)12-9-17)15-18-14-22-24(16-18)19-6-4-3-5-7-19/h3-14,16H,15H2,1-2H3/b13-10+. The quantitative estimate of drug-likeness (QED) is 0.485. The molecule has 0 aliphatic rings. The molecule has 2 aromatic carbocycles. The number of para-hydroxylation sites is 1. The molecule has 1 amide bonds. The van der Waals surface area contributed by atoms with E-state index in [1.54, 1.807) is 36.0 Å². The minimum Gasteiger partial charge on any atom is -0.338 e. The number of rotatable bonds is 6.